The number of ether oxygens (including phenoxy) is 1. The average Bonchev–Trinajstić information content (AvgIpc) is 2.95. The second-order valence-corrected chi connectivity index (χ2v) is 6.76. The summed E-state index contributed by atoms with van der Waals surface area (Å²) in [4.78, 5) is 31.6. The van der Waals surface area contributed by atoms with Gasteiger partial charge in [0.2, 0.25) is 5.95 Å². The van der Waals surface area contributed by atoms with E-state index in [0.717, 1.165) is 11.0 Å². The molecule has 2 aromatic carbocycles. The molecule has 0 spiro atoms. The monoisotopic (exact) mass is 352 g/mol. The Hall–Kier alpha value is -3.35. The highest BCUT2D eigenvalue weighted by Gasteiger charge is 2.17. The number of imidazole rings is 1. The van der Waals surface area contributed by atoms with Gasteiger partial charge in [-0.05, 0) is 51.1 Å². The Morgan fingerprint density at radius 2 is 1.81 bits per heavy atom. The molecule has 1 aromatic heterocycles. The quantitative estimate of drug-likeness (QED) is 0.659. The van der Waals surface area contributed by atoms with Gasteiger partial charge in [-0.2, -0.15) is 0 Å². The maximum Gasteiger partial charge on any atom is 0.412 e. The molecule has 0 radical (unpaired) electrons. The summed E-state index contributed by atoms with van der Waals surface area (Å²) in [5.41, 5.74) is 1.86. The van der Waals surface area contributed by atoms with Crippen LogP contribution in [0.5, 0.6) is 0 Å². The van der Waals surface area contributed by atoms with E-state index in [1.807, 2.05) is 24.3 Å². The van der Waals surface area contributed by atoms with Crippen molar-refractivity contribution in [3.63, 3.8) is 0 Å². The SMILES string of the molecule is CC(C)(C)OC(=O)Nc1cccc(C(=O)Nc2nc3ccccc3[nH]2)c1. The van der Waals surface area contributed by atoms with Gasteiger partial charge in [0, 0.05) is 11.3 Å². The van der Waals surface area contributed by atoms with Crippen molar-refractivity contribution in [3.8, 4) is 0 Å². The van der Waals surface area contributed by atoms with Gasteiger partial charge in [0.15, 0.2) is 0 Å². The van der Waals surface area contributed by atoms with Crippen LogP contribution in [0.25, 0.3) is 11.0 Å². The Morgan fingerprint density at radius 1 is 1.04 bits per heavy atom. The summed E-state index contributed by atoms with van der Waals surface area (Å²) in [6.45, 7) is 5.34. The van der Waals surface area contributed by atoms with Crippen LogP contribution >= 0.6 is 0 Å². The van der Waals surface area contributed by atoms with Gasteiger partial charge in [0.25, 0.3) is 5.91 Å². The zero-order valence-electron chi connectivity index (χ0n) is 14.8. The summed E-state index contributed by atoms with van der Waals surface area (Å²) in [6, 6.07) is 14.1. The molecule has 0 bridgehead atoms. The molecule has 7 nitrogen and oxygen atoms in total. The largest absolute Gasteiger partial charge is 0.444 e. The molecular formula is C19H20N4O3. The van der Waals surface area contributed by atoms with Crippen LogP contribution < -0.4 is 10.6 Å². The lowest BCUT2D eigenvalue weighted by Gasteiger charge is -2.19. The van der Waals surface area contributed by atoms with Gasteiger partial charge >= 0.3 is 6.09 Å². The predicted octanol–water partition coefficient (Wildman–Crippen LogP) is 4.16. The number of H-pyrrole nitrogens is 1. The van der Waals surface area contributed by atoms with Crippen LogP contribution in [0.2, 0.25) is 0 Å². The van der Waals surface area contributed by atoms with Crippen LogP contribution in [0.1, 0.15) is 31.1 Å². The fourth-order valence-corrected chi connectivity index (χ4v) is 2.35. The Morgan fingerprint density at radius 3 is 2.54 bits per heavy atom. The topological polar surface area (TPSA) is 96.1 Å². The number of nitrogens with one attached hydrogen (secondary N) is 3. The maximum absolute atomic E-state index is 12.4. The number of carbonyl (C=O) groups is 2. The van der Waals surface area contributed by atoms with Gasteiger partial charge in [-0.3, -0.25) is 15.4 Å². The lowest BCUT2D eigenvalue weighted by Crippen LogP contribution is -2.27. The first-order valence-corrected chi connectivity index (χ1v) is 8.16. The standard InChI is InChI=1S/C19H20N4O3/c1-19(2,3)26-18(25)20-13-8-6-7-12(11-13)16(24)23-17-21-14-9-4-5-10-15(14)22-17/h4-11H,1-3H3,(H,20,25)(H2,21,22,23,24). The Labute approximate surface area is 150 Å². The fourth-order valence-electron chi connectivity index (χ4n) is 2.35. The van der Waals surface area contributed by atoms with Crippen molar-refractivity contribution in [2.75, 3.05) is 10.6 Å². The minimum atomic E-state index is -0.597. The van der Waals surface area contributed by atoms with Crippen LogP contribution in [0.3, 0.4) is 0 Å². The minimum Gasteiger partial charge on any atom is -0.444 e. The third-order valence-corrected chi connectivity index (χ3v) is 3.39. The number of aromatic amines is 1. The van der Waals surface area contributed by atoms with Crippen LogP contribution in [0, 0.1) is 0 Å². The number of hydrogen-bond donors (Lipinski definition) is 3. The molecule has 2 amide bonds. The number of amides is 2. The molecule has 1 heterocycles. The van der Waals surface area contributed by atoms with Crippen molar-refractivity contribution in [2.45, 2.75) is 26.4 Å². The lowest BCUT2D eigenvalue weighted by molar-refractivity contribution is 0.0635. The number of aromatic nitrogens is 2. The molecule has 0 fully saturated rings. The van der Waals surface area contributed by atoms with Crippen molar-refractivity contribution in [1.29, 1.82) is 0 Å². The van der Waals surface area contributed by atoms with Crippen LogP contribution in [0.4, 0.5) is 16.4 Å². The minimum absolute atomic E-state index is 0.336. The van der Waals surface area contributed by atoms with E-state index in [9.17, 15) is 9.59 Å². The summed E-state index contributed by atoms with van der Waals surface area (Å²) < 4.78 is 5.21. The third kappa shape index (κ3) is 4.38. The van der Waals surface area contributed by atoms with E-state index in [1.165, 1.54) is 0 Å². The molecule has 0 saturated carbocycles. The van der Waals surface area contributed by atoms with Gasteiger partial charge in [-0.15, -0.1) is 0 Å². The van der Waals surface area contributed by atoms with Gasteiger partial charge in [0.1, 0.15) is 5.60 Å². The van der Waals surface area contributed by atoms with Crippen LogP contribution in [-0.2, 0) is 4.74 Å². The molecular weight excluding hydrogens is 332 g/mol. The normalized spacial score (nSPS) is 11.2. The number of rotatable bonds is 3. The molecule has 0 aliphatic rings. The van der Waals surface area contributed by atoms with Gasteiger partial charge in [-0.25, -0.2) is 9.78 Å². The number of fused-ring (bicyclic) bond motifs is 1. The van der Waals surface area contributed by atoms with Crippen molar-refractivity contribution < 1.29 is 14.3 Å². The number of anilines is 2. The first-order valence-electron chi connectivity index (χ1n) is 8.16. The Balaban J connectivity index is 1.70. The highest BCUT2D eigenvalue weighted by Crippen LogP contribution is 2.16. The second-order valence-electron chi connectivity index (χ2n) is 6.76. The van der Waals surface area contributed by atoms with E-state index in [1.54, 1.807) is 45.0 Å². The van der Waals surface area contributed by atoms with Gasteiger partial charge < -0.3 is 9.72 Å². The number of hydrogen-bond acceptors (Lipinski definition) is 4. The van der Waals surface area contributed by atoms with Crippen molar-refractivity contribution in [3.05, 3.63) is 54.1 Å². The average molecular weight is 352 g/mol. The van der Waals surface area contributed by atoms with Crippen molar-refractivity contribution in [2.24, 2.45) is 0 Å². The van der Waals surface area contributed by atoms with Crippen LogP contribution in [-0.4, -0.2) is 27.6 Å². The van der Waals surface area contributed by atoms with E-state index < -0.39 is 11.7 Å². The maximum atomic E-state index is 12.4. The van der Waals surface area contributed by atoms with E-state index >= 15 is 0 Å². The number of carbonyl (C=O) groups excluding carboxylic acids is 2. The van der Waals surface area contributed by atoms with Gasteiger partial charge in [0.05, 0.1) is 11.0 Å². The molecule has 134 valence electrons. The molecule has 0 unspecified atom stereocenters. The first-order chi connectivity index (χ1) is 12.3. The second kappa shape index (κ2) is 6.87. The molecule has 26 heavy (non-hydrogen) atoms. The summed E-state index contributed by atoms with van der Waals surface area (Å²) in [7, 11) is 0. The first kappa shape index (κ1) is 17.5. The van der Waals surface area contributed by atoms with E-state index in [2.05, 4.69) is 20.6 Å². The number of benzene rings is 2. The molecule has 0 aliphatic heterocycles. The van der Waals surface area contributed by atoms with Crippen LogP contribution in [0.15, 0.2) is 48.5 Å². The molecule has 0 aliphatic carbocycles. The summed E-state index contributed by atoms with van der Waals surface area (Å²) in [5, 5.41) is 5.33. The molecule has 7 heteroatoms. The molecule has 0 atom stereocenters. The fraction of sp³-hybridized carbons (Fsp3) is 0.211. The van der Waals surface area contributed by atoms with E-state index in [0.29, 0.717) is 17.2 Å². The molecule has 0 saturated heterocycles. The van der Waals surface area contributed by atoms with Crippen molar-refractivity contribution >= 4 is 34.7 Å². The van der Waals surface area contributed by atoms with Gasteiger partial charge in [-0.1, -0.05) is 18.2 Å². The zero-order chi connectivity index (χ0) is 18.7. The van der Waals surface area contributed by atoms with E-state index in [-0.39, 0.29) is 5.91 Å². The summed E-state index contributed by atoms with van der Waals surface area (Å²) in [6.07, 6.45) is -0.577. The number of para-hydroxylation sites is 2. The van der Waals surface area contributed by atoms with Crippen molar-refractivity contribution in [1.82, 2.24) is 9.97 Å². The Bertz CT molecular complexity index is 924. The number of nitrogens with zero attached hydrogens (tertiary/aromatic N) is 1. The van der Waals surface area contributed by atoms with E-state index in [4.69, 9.17) is 4.74 Å². The smallest absolute Gasteiger partial charge is 0.412 e. The highest BCUT2D eigenvalue weighted by atomic mass is 16.6. The Kier molecular flexibility index (Phi) is 4.62. The third-order valence-electron chi connectivity index (χ3n) is 3.39. The summed E-state index contributed by atoms with van der Waals surface area (Å²) in [5.74, 6) is 0.0265. The molecule has 3 N–H and O–H groups in total. The predicted molar refractivity (Wildman–Crippen MR) is 100 cm³/mol. The highest BCUT2D eigenvalue weighted by molar-refractivity contribution is 6.04. The molecule has 3 aromatic rings. The lowest BCUT2D eigenvalue weighted by atomic mass is 10.2. The molecule has 3 rings (SSSR count). The summed E-state index contributed by atoms with van der Waals surface area (Å²) >= 11 is 0. The zero-order valence-corrected chi connectivity index (χ0v) is 14.8.